The molecule has 7 heteroatoms. The molecule has 0 aromatic heterocycles. The molecule has 0 aliphatic heterocycles. The summed E-state index contributed by atoms with van der Waals surface area (Å²) in [5.41, 5.74) is -0.0771. The maximum absolute atomic E-state index is 11.8. The van der Waals surface area contributed by atoms with Crippen molar-refractivity contribution in [3.8, 4) is 0 Å². The molecule has 0 heterocycles. The second-order valence-corrected chi connectivity index (χ2v) is 9.43. The standard InChI is InChI=1S/C12H20O6Si/c1-6-9(12(16)18-19(3,4)5)17-11(15)8(2)7-10(13)14/h7,9H,6H2,1-5H3,(H,13,14)/b8-7-. The predicted octanol–water partition coefficient (Wildman–Crippen LogP) is 1.72. The van der Waals surface area contributed by atoms with E-state index in [9.17, 15) is 14.4 Å². The minimum Gasteiger partial charge on any atom is -0.517 e. The van der Waals surface area contributed by atoms with Gasteiger partial charge in [-0.3, -0.25) is 0 Å². The highest BCUT2D eigenvalue weighted by atomic mass is 28.4. The molecule has 0 bridgehead atoms. The number of aliphatic carboxylic acids is 1. The third-order valence-electron chi connectivity index (χ3n) is 1.95. The number of carboxylic acid groups (broad SMARTS) is 1. The van der Waals surface area contributed by atoms with E-state index in [1.54, 1.807) is 6.92 Å². The molecule has 0 rings (SSSR count). The van der Waals surface area contributed by atoms with E-state index in [0.29, 0.717) is 0 Å². The average Bonchev–Trinajstić information content (AvgIpc) is 2.21. The molecular formula is C12H20O6Si. The zero-order chi connectivity index (χ0) is 15.2. The number of hydrogen-bond donors (Lipinski definition) is 1. The first-order valence-corrected chi connectivity index (χ1v) is 9.32. The first-order valence-electron chi connectivity index (χ1n) is 5.92. The van der Waals surface area contributed by atoms with Gasteiger partial charge in [-0.2, -0.15) is 0 Å². The SMILES string of the molecule is CCC(OC(=O)/C(C)=C\C(=O)O)C(=O)O[Si](C)(C)C. The van der Waals surface area contributed by atoms with Crippen molar-refractivity contribution in [2.45, 2.75) is 46.0 Å². The van der Waals surface area contributed by atoms with Crippen LogP contribution in [0.3, 0.4) is 0 Å². The highest BCUT2D eigenvalue weighted by Crippen LogP contribution is 2.11. The molecule has 1 unspecified atom stereocenters. The van der Waals surface area contributed by atoms with Gasteiger partial charge in [-0.15, -0.1) is 0 Å². The maximum atomic E-state index is 11.8. The minimum absolute atomic E-state index is 0.0771. The van der Waals surface area contributed by atoms with Crippen LogP contribution in [0.15, 0.2) is 11.6 Å². The van der Waals surface area contributed by atoms with Crippen LogP contribution in [0.1, 0.15) is 20.3 Å². The molecule has 0 saturated heterocycles. The number of carbonyl (C=O) groups excluding carboxylic acids is 2. The fourth-order valence-electron chi connectivity index (χ4n) is 1.13. The van der Waals surface area contributed by atoms with E-state index >= 15 is 0 Å². The summed E-state index contributed by atoms with van der Waals surface area (Å²) in [5, 5.41) is 8.52. The summed E-state index contributed by atoms with van der Waals surface area (Å²) in [5.74, 6) is -2.66. The fraction of sp³-hybridized carbons (Fsp3) is 0.583. The van der Waals surface area contributed by atoms with E-state index in [1.165, 1.54) is 6.92 Å². The molecule has 0 aromatic carbocycles. The summed E-state index contributed by atoms with van der Waals surface area (Å²) in [6, 6.07) is 0. The molecule has 1 atom stereocenters. The third-order valence-corrected chi connectivity index (χ3v) is 2.77. The normalized spacial score (nSPS) is 13.6. The summed E-state index contributed by atoms with van der Waals surface area (Å²) >= 11 is 0. The van der Waals surface area contributed by atoms with Crippen LogP contribution in [0.4, 0.5) is 0 Å². The summed E-state index contributed by atoms with van der Waals surface area (Å²) in [6.45, 7) is 8.52. The van der Waals surface area contributed by atoms with E-state index < -0.39 is 32.3 Å². The summed E-state index contributed by atoms with van der Waals surface area (Å²) in [4.78, 5) is 33.8. The summed E-state index contributed by atoms with van der Waals surface area (Å²) in [6.07, 6.45) is 0.00487. The fourth-order valence-corrected chi connectivity index (χ4v) is 1.87. The van der Waals surface area contributed by atoms with Gasteiger partial charge in [0.05, 0.1) is 0 Å². The van der Waals surface area contributed by atoms with Crippen LogP contribution in [0.2, 0.25) is 19.6 Å². The molecule has 0 fully saturated rings. The predicted molar refractivity (Wildman–Crippen MR) is 71.0 cm³/mol. The molecule has 0 radical (unpaired) electrons. The van der Waals surface area contributed by atoms with Crippen LogP contribution >= 0.6 is 0 Å². The van der Waals surface area contributed by atoms with Crippen molar-refractivity contribution >= 4 is 26.2 Å². The highest BCUT2D eigenvalue weighted by Gasteiger charge is 2.28. The van der Waals surface area contributed by atoms with Gasteiger partial charge in [-0.05, 0) is 33.0 Å². The molecule has 0 amide bonds. The van der Waals surface area contributed by atoms with Gasteiger partial charge in [-0.1, -0.05) is 6.92 Å². The number of carboxylic acids is 1. The first-order chi connectivity index (χ1) is 8.56. The number of rotatable bonds is 6. The quantitative estimate of drug-likeness (QED) is 0.454. The number of carbonyl (C=O) groups is 3. The van der Waals surface area contributed by atoms with E-state index in [1.807, 2.05) is 19.6 Å². The van der Waals surface area contributed by atoms with Gasteiger partial charge in [0, 0.05) is 11.6 Å². The Labute approximate surface area is 113 Å². The van der Waals surface area contributed by atoms with E-state index in [-0.39, 0.29) is 12.0 Å². The van der Waals surface area contributed by atoms with Gasteiger partial charge >= 0.3 is 17.9 Å². The molecule has 0 aliphatic rings. The van der Waals surface area contributed by atoms with Crippen LogP contribution < -0.4 is 0 Å². The first kappa shape index (κ1) is 17.4. The lowest BCUT2D eigenvalue weighted by Crippen LogP contribution is -2.37. The van der Waals surface area contributed by atoms with Gasteiger partial charge in [0.25, 0.3) is 0 Å². The Morgan fingerprint density at radius 2 is 1.79 bits per heavy atom. The Morgan fingerprint density at radius 1 is 1.26 bits per heavy atom. The molecule has 0 aromatic rings. The number of esters is 1. The molecule has 19 heavy (non-hydrogen) atoms. The van der Waals surface area contributed by atoms with Gasteiger partial charge in [0.1, 0.15) is 0 Å². The minimum atomic E-state index is -2.05. The van der Waals surface area contributed by atoms with Crippen LogP contribution in [0, 0.1) is 0 Å². The Kier molecular flexibility index (Phi) is 6.47. The largest absolute Gasteiger partial charge is 0.517 e. The molecule has 6 nitrogen and oxygen atoms in total. The van der Waals surface area contributed by atoms with Gasteiger partial charge in [0.2, 0.25) is 8.32 Å². The molecule has 108 valence electrons. The average molecular weight is 288 g/mol. The lowest BCUT2D eigenvalue weighted by molar-refractivity contribution is -0.160. The van der Waals surface area contributed by atoms with Crippen molar-refractivity contribution in [2.75, 3.05) is 0 Å². The summed E-state index contributed by atoms with van der Waals surface area (Å²) in [7, 11) is -2.05. The second kappa shape index (κ2) is 7.08. The Bertz CT molecular complexity index is 394. The van der Waals surface area contributed by atoms with Crippen molar-refractivity contribution in [3.05, 3.63) is 11.6 Å². The highest BCUT2D eigenvalue weighted by molar-refractivity contribution is 6.71. The van der Waals surface area contributed by atoms with Gasteiger partial charge in [-0.25, -0.2) is 14.4 Å². The second-order valence-electron chi connectivity index (χ2n) is 5.00. The van der Waals surface area contributed by atoms with Crippen LogP contribution in [-0.4, -0.2) is 37.4 Å². The van der Waals surface area contributed by atoms with E-state index in [2.05, 4.69) is 0 Å². The Balaban J connectivity index is 4.70. The third kappa shape index (κ3) is 7.40. The molecule has 1 N–H and O–H groups in total. The van der Waals surface area contributed by atoms with Gasteiger partial charge < -0.3 is 14.3 Å². The lowest BCUT2D eigenvalue weighted by atomic mass is 10.2. The molecular weight excluding hydrogens is 268 g/mol. The maximum Gasteiger partial charge on any atom is 0.334 e. The Morgan fingerprint density at radius 3 is 2.16 bits per heavy atom. The Hall–Kier alpha value is -1.63. The van der Waals surface area contributed by atoms with Gasteiger partial charge in [0.15, 0.2) is 6.10 Å². The lowest BCUT2D eigenvalue weighted by Gasteiger charge is -2.22. The van der Waals surface area contributed by atoms with E-state index in [4.69, 9.17) is 14.3 Å². The smallest absolute Gasteiger partial charge is 0.334 e. The van der Waals surface area contributed by atoms with Crippen molar-refractivity contribution in [1.29, 1.82) is 0 Å². The van der Waals surface area contributed by atoms with Crippen LogP contribution in [0.5, 0.6) is 0 Å². The van der Waals surface area contributed by atoms with Crippen molar-refractivity contribution in [3.63, 3.8) is 0 Å². The zero-order valence-corrected chi connectivity index (χ0v) is 12.9. The van der Waals surface area contributed by atoms with Crippen LogP contribution in [-0.2, 0) is 23.5 Å². The van der Waals surface area contributed by atoms with Crippen molar-refractivity contribution in [1.82, 2.24) is 0 Å². The monoisotopic (exact) mass is 288 g/mol. The van der Waals surface area contributed by atoms with Crippen molar-refractivity contribution in [2.24, 2.45) is 0 Å². The summed E-state index contributed by atoms with van der Waals surface area (Å²) < 4.78 is 10.2. The number of ether oxygens (including phenoxy) is 1. The van der Waals surface area contributed by atoms with Crippen LogP contribution in [0.25, 0.3) is 0 Å². The molecule has 0 spiro atoms. The topological polar surface area (TPSA) is 89.9 Å². The molecule has 0 saturated carbocycles. The zero-order valence-electron chi connectivity index (χ0n) is 11.9. The number of hydrogen-bond acceptors (Lipinski definition) is 5. The molecule has 0 aliphatic carbocycles. The van der Waals surface area contributed by atoms with E-state index in [0.717, 1.165) is 6.08 Å². The van der Waals surface area contributed by atoms with Crippen molar-refractivity contribution < 1.29 is 28.7 Å².